The molecule has 0 saturated heterocycles. The summed E-state index contributed by atoms with van der Waals surface area (Å²) in [5.74, 6) is 0.898. The molecule has 168 valence electrons. The minimum atomic E-state index is -0.653. The van der Waals surface area contributed by atoms with Crippen LogP contribution >= 0.6 is 0 Å². The van der Waals surface area contributed by atoms with E-state index in [0.717, 1.165) is 17.7 Å². The number of aryl methyl sites for hydroxylation is 1. The van der Waals surface area contributed by atoms with Crippen LogP contribution in [-0.2, 0) is 22.6 Å². The molecule has 6 nitrogen and oxygen atoms in total. The molecule has 0 fully saturated rings. The normalized spacial score (nSPS) is 12.1. The molecule has 1 N–H and O–H groups in total. The Morgan fingerprint density at radius 3 is 2.03 bits per heavy atom. The van der Waals surface area contributed by atoms with Crippen LogP contribution in [0.5, 0.6) is 11.5 Å². The van der Waals surface area contributed by atoms with Gasteiger partial charge in [-0.2, -0.15) is 0 Å². The summed E-state index contributed by atoms with van der Waals surface area (Å²) in [6.07, 6.45) is 0.940. The Morgan fingerprint density at radius 2 is 1.52 bits per heavy atom. The number of rotatable bonds is 9. The van der Waals surface area contributed by atoms with E-state index >= 15 is 0 Å². The molecule has 2 rings (SSSR count). The molecular formula is C25H34N2O4. The van der Waals surface area contributed by atoms with Crippen molar-refractivity contribution in [2.24, 2.45) is 0 Å². The second-order valence-corrected chi connectivity index (χ2v) is 8.57. The summed E-state index contributed by atoms with van der Waals surface area (Å²) in [7, 11) is 1.61. The zero-order chi connectivity index (χ0) is 23.0. The van der Waals surface area contributed by atoms with E-state index in [0.29, 0.717) is 12.3 Å². The second kappa shape index (κ2) is 10.8. The number of hydrogen-bond donors (Lipinski definition) is 1. The van der Waals surface area contributed by atoms with Crippen LogP contribution in [0.4, 0.5) is 0 Å². The van der Waals surface area contributed by atoms with Gasteiger partial charge in [-0.25, -0.2) is 0 Å². The first-order chi connectivity index (χ1) is 14.6. The molecule has 6 heteroatoms. The fourth-order valence-electron chi connectivity index (χ4n) is 3.03. The molecule has 0 heterocycles. The van der Waals surface area contributed by atoms with E-state index in [4.69, 9.17) is 9.47 Å². The number of carbonyl (C=O) groups is 2. The Kier molecular flexibility index (Phi) is 8.48. The van der Waals surface area contributed by atoms with Crippen LogP contribution in [0.1, 0.15) is 45.7 Å². The number of methoxy groups -OCH3 is 1. The van der Waals surface area contributed by atoms with E-state index in [2.05, 4.69) is 12.2 Å². The van der Waals surface area contributed by atoms with E-state index < -0.39 is 11.6 Å². The van der Waals surface area contributed by atoms with Gasteiger partial charge < -0.3 is 19.7 Å². The summed E-state index contributed by atoms with van der Waals surface area (Å²) in [6.45, 7) is 9.70. The Bertz CT molecular complexity index is 855. The van der Waals surface area contributed by atoms with Gasteiger partial charge in [-0.15, -0.1) is 0 Å². The molecule has 31 heavy (non-hydrogen) atoms. The van der Waals surface area contributed by atoms with Gasteiger partial charge in [0.25, 0.3) is 5.91 Å². The molecule has 0 aliphatic rings. The molecule has 0 bridgehead atoms. The Labute approximate surface area is 185 Å². The molecule has 2 aromatic rings. The van der Waals surface area contributed by atoms with E-state index in [1.807, 2.05) is 69.3 Å². The summed E-state index contributed by atoms with van der Waals surface area (Å²) in [6, 6.07) is 14.5. The maximum Gasteiger partial charge on any atom is 0.261 e. The molecule has 0 aliphatic carbocycles. The van der Waals surface area contributed by atoms with E-state index in [1.165, 1.54) is 5.56 Å². The number of carbonyl (C=O) groups excluding carboxylic acids is 2. The maximum absolute atomic E-state index is 13.1. The van der Waals surface area contributed by atoms with Crippen molar-refractivity contribution in [3.8, 4) is 11.5 Å². The van der Waals surface area contributed by atoms with Crippen LogP contribution in [0.25, 0.3) is 0 Å². The molecule has 1 unspecified atom stereocenters. The first-order valence-corrected chi connectivity index (χ1v) is 10.6. The molecule has 2 amide bonds. The van der Waals surface area contributed by atoms with Crippen molar-refractivity contribution < 1.29 is 19.1 Å². The molecule has 0 aliphatic heterocycles. The van der Waals surface area contributed by atoms with E-state index in [1.54, 1.807) is 18.9 Å². The fourth-order valence-corrected chi connectivity index (χ4v) is 3.03. The van der Waals surface area contributed by atoms with Crippen molar-refractivity contribution in [2.75, 3.05) is 13.7 Å². The van der Waals surface area contributed by atoms with Crippen molar-refractivity contribution >= 4 is 11.8 Å². The van der Waals surface area contributed by atoms with Crippen molar-refractivity contribution in [1.29, 1.82) is 0 Å². The predicted molar refractivity (Wildman–Crippen MR) is 122 cm³/mol. The molecule has 2 aromatic carbocycles. The van der Waals surface area contributed by atoms with Gasteiger partial charge in [0, 0.05) is 12.1 Å². The summed E-state index contributed by atoms with van der Waals surface area (Å²) >= 11 is 0. The Balaban J connectivity index is 2.15. The lowest BCUT2D eigenvalue weighted by Crippen LogP contribution is -2.53. The highest BCUT2D eigenvalue weighted by Crippen LogP contribution is 2.17. The van der Waals surface area contributed by atoms with Crippen molar-refractivity contribution in [1.82, 2.24) is 10.2 Å². The highest BCUT2D eigenvalue weighted by Gasteiger charge is 2.28. The molecule has 0 spiro atoms. The van der Waals surface area contributed by atoms with E-state index in [9.17, 15) is 9.59 Å². The summed E-state index contributed by atoms with van der Waals surface area (Å²) in [5.41, 5.74) is 1.71. The second-order valence-electron chi connectivity index (χ2n) is 8.57. The van der Waals surface area contributed by atoms with Crippen LogP contribution in [-0.4, -0.2) is 42.0 Å². The van der Waals surface area contributed by atoms with E-state index in [-0.39, 0.29) is 18.4 Å². The lowest BCUT2D eigenvalue weighted by molar-refractivity contribution is -0.142. The first kappa shape index (κ1) is 24.3. The zero-order valence-corrected chi connectivity index (χ0v) is 19.4. The van der Waals surface area contributed by atoms with Crippen LogP contribution in [0.3, 0.4) is 0 Å². The minimum absolute atomic E-state index is 0.144. The summed E-state index contributed by atoms with van der Waals surface area (Å²) in [4.78, 5) is 27.4. The summed E-state index contributed by atoms with van der Waals surface area (Å²) in [5, 5.41) is 2.95. The highest BCUT2D eigenvalue weighted by molar-refractivity contribution is 5.88. The average molecular weight is 427 g/mol. The standard InChI is InChI=1S/C25H34N2O4/c1-7-19-8-14-22(15-9-19)31-17-23(28)27(18(2)24(29)26-25(3,4)5)16-20-10-12-21(30-6)13-11-20/h8-15,18H,7,16-17H2,1-6H3,(H,26,29). The minimum Gasteiger partial charge on any atom is -0.497 e. The monoisotopic (exact) mass is 426 g/mol. The zero-order valence-electron chi connectivity index (χ0n) is 19.4. The van der Waals surface area contributed by atoms with Gasteiger partial charge >= 0.3 is 0 Å². The SMILES string of the molecule is CCc1ccc(OCC(=O)N(Cc2ccc(OC)cc2)C(C)C(=O)NC(C)(C)C)cc1. The smallest absolute Gasteiger partial charge is 0.261 e. The third kappa shape index (κ3) is 7.63. The maximum atomic E-state index is 13.1. The molecule has 1 atom stereocenters. The number of ether oxygens (including phenoxy) is 2. The number of benzene rings is 2. The lowest BCUT2D eigenvalue weighted by Gasteiger charge is -2.31. The third-order valence-corrected chi connectivity index (χ3v) is 4.87. The van der Waals surface area contributed by atoms with Gasteiger partial charge in [0.05, 0.1) is 7.11 Å². The average Bonchev–Trinajstić information content (AvgIpc) is 2.75. The van der Waals surface area contributed by atoms with Crippen molar-refractivity contribution in [3.63, 3.8) is 0 Å². The molecular weight excluding hydrogens is 392 g/mol. The summed E-state index contributed by atoms with van der Waals surface area (Å²) < 4.78 is 10.9. The molecule has 0 aromatic heterocycles. The van der Waals surface area contributed by atoms with Gasteiger partial charge in [-0.05, 0) is 69.5 Å². The van der Waals surface area contributed by atoms with Crippen LogP contribution < -0.4 is 14.8 Å². The third-order valence-electron chi connectivity index (χ3n) is 4.87. The Hall–Kier alpha value is -3.02. The first-order valence-electron chi connectivity index (χ1n) is 10.6. The molecule has 0 saturated carbocycles. The Morgan fingerprint density at radius 1 is 0.968 bits per heavy atom. The van der Waals surface area contributed by atoms with Gasteiger partial charge in [0.1, 0.15) is 17.5 Å². The van der Waals surface area contributed by atoms with Crippen molar-refractivity contribution in [2.45, 2.75) is 59.2 Å². The topological polar surface area (TPSA) is 67.9 Å². The number of nitrogens with zero attached hydrogens (tertiary/aromatic N) is 1. The van der Waals surface area contributed by atoms with Gasteiger partial charge in [-0.1, -0.05) is 31.2 Å². The fraction of sp³-hybridized carbons (Fsp3) is 0.440. The van der Waals surface area contributed by atoms with Crippen LogP contribution in [0, 0.1) is 0 Å². The van der Waals surface area contributed by atoms with Gasteiger partial charge in [0.2, 0.25) is 5.91 Å². The predicted octanol–water partition coefficient (Wildman–Crippen LogP) is 3.97. The van der Waals surface area contributed by atoms with Gasteiger partial charge in [-0.3, -0.25) is 9.59 Å². The lowest BCUT2D eigenvalue weighted by atomic mass is 10.1. The van der Waals surface area contributed by atoms with Crippen LogP contribution in [0.15, 0.2) is 48.5 Å². The number of nitrogens with one attached hydrogen (secondary N) is 1. The van der Waals surface area contributed by atoms with Gasteiger partial charge in [0.15, 0.2) is 6.61 Å². The van der Waals surface area contributed by atoms with Crippen LogP contribution in [0.2, 0.25) is 0 Å². The quantitative estimate of drug-likeness (QED) is 0.659. The number of amides is 2. The van der Waals surface area contributed by atoms with Crippen molar-refractivity contribution in [3.05, 3.63) is 59.7 Å². The molecule has 0 radical (unpaired) electrons. The highest BCUT2D eigenvalue weighted by atomic mass is 16.5. The number of hydrogen-bond acceptors (Lipinski definition) is 4. The largest absolute Gasteiger partial charge is 0.497 e.